The fraction of sp³-hybridized carbons (Fsp3) is 0. The molecular formula is C27H14N6OS. The maximum atomic E-state index is 9.78. The zero-order chi connectivity index (χ0) is 24.2. The van der Waals surface area contributed by atoms with Crippen LogP contribution >= 0.6 is 11.3 Å². The van der Waals surface area contributed by atoms with Gasteiger partial charge in [0.1, 0.15) is 16.5 Å². The third-order valence-corrected chi connectivity index (χ3v) is 6.09. The maximum absolute atomic E-state index is 9.78. The number of nitrogens with zero attached hydrogens (tertiary/aromatic N) is 5. The third-order valence-electron chi connectivity index (χ3n) is 5.20. The van der Waals surface area contributed by atoms with Crippen LogP contribution < -0.4 is 10.1 Å². The van der Waals surface area contributed by atoms with Crippen LogP contribution in [0.3, 0.4) is 0 Å². The van der Waals surface area contributed by atoms with Crippen molar-refractivity contribution in [1.82, 2.24) is 9.97 Å². The zero-order valence-electron chi connectivity index (χ0n) is 18.1. The molecule has 0 spiro atoms. The molecule has 1 N–H and O–H groups in total. The van der Waals surface area contributed by atoms with E-state index in [9.17, 15) is 5.26 Å². The van der Waals surface area contributed by atoms with E-state index in [1.54, 1.807) is 48.5 Å². The molecule has 0 amide bonds. The number of hydrogen-bond acceptors (Lipinski definition) is 8. The van der Waals surface area contributed by atoms with Gasteiger partial charge in [-0.2, -0.15) is 20.8 Å². The van der Waals surface area contributed by atoms with E-state index in [2.05, 4.69) is 33.5 Å². The predicted molar refractivity (Wildman–Crippen MR) is 133 cm³/mol. The Balaban J connectivity index is 1.47. The molecule has 0 unspecified atom stereocenters. The molecule has 2 aromatic heterocycles. The first kappa shape index (κ1) is 21.6. The Morgan fingerprint density at radius 2 is 1.43 bits per heavy atom. The Morgan fingerprint density at radius 3 is 2.11 bits per heavy atom. The lowest BCUT2D eigenvalue weighted by Gasteiger charge is -2.11. The number of benzene rings is 3. The summed E-state index contributed by atoms with van der Waals surface area (Å²) in [6.07, 6.45) is 0. The van der Waals surface area contributed by atoms with Gasteiger partial charge in [-0.3, -0.25) is 0 Å². The van der Waals surface area contributed by atoms with Crippen LogP contribution in [0.1, 0.15) is 16.7 Å². The van der Waals surface area contributed by atoms with Gasteiger partial charge in [0.2, 0.25) is 11.8 Å². The van der Waals surface area contributed by atoms with Gasteiger partial charge in [-0.15, -0.1) is 11.3 Å². The number of hydrogen-bond donors (Lipinski definition) is 1. The second-order valence-corrected chi connectivity index (χ2v) is 8.33. The largest absolute Gasteiger partial charge is 0.436 e. The summed E-state index contributed by atoms with van der Waals surface area (Å²) in [7, 11) is 0. The minimum Gasteiger partial charge on any atom is -0.436 e. The number of aromatic nitrogens is 2. The molecule has 0 saturated heterocycles. The van der Waals surface area contributed by atoms with Gasteiger partial charge in [-0.25, -0.2) is 4.98 Å². The van der Waals surface area contributed by atoms with Gasteiger partial charge in [0.15, 0.2) is 0 Å². The molecule has 0 aliphatic carbocycles. The highest BCUT2D eigenvalue weighted by atomic mass is 32.1. The lowest BCUT2D eigenvalue weighted by atomic mass is 10.0. The third kappa shape index (κ3) is 4.49. The van der Waals surface area contributed by atoms with Crippen LogP contribution in [0.25, 0.3) is 21.3 Å². The van der Waals surface area contributed by atoms with Crippen molar-refractivity contribution in [2.45, 2.75) is 0 Å². The average molecular weight is 471 g/mol. The maximum Gasteiger partial charge on any atom is 0.242 e. The molecule has 5 rings (SSSR count). The van der Waals surface area contributed by atoms with Crippen LogP contribution in [0, 0.1) is 34.0 Å². The molecule has 0 fully saturated rings. The zero-order valence-corrected chi connectivity index (χ0v) is 18.9. The molecule has 0 aliphatic heterocycles. The smallest absolute Gasteiger partial charge is 0.242 e. The minimum absolute atomic E-state index is 0.336. The standard InChI is InChI=1S/C27H14N6OS/c28-14-17-1-5-19(6-2-17)20-7-10-24(21(13-20)16-30)34-26-25-23(11-12-35-25)32-27(33-26)31-22-8-3-18(15-29)4-9-22/h1-13H,(H,31,32,33). The van der Waals surface area contributed by atoms with Gasteiger partial charge >= 0.3 is 0 Å². The van der Waals surface area contributed by atoms with Gasteiger partial charge < -0.3 is 10.1 Å². The van der Waals surface area contributed by atoms with E-state index in [1.807, 2.05) is 29.6 Å². The number of fused-ring (bicyclic) bond motifs is 1. The van der Waals surface area contributed by atoms with Crippen molar-refractivity contribution in [3.63, 3.8) is 0 Å². The van der Waals surface area contributed by atoms with Crippen molar-refractivity contribution in [1.29, 1.82) is 15.8 Å². The molecule has 0 bridgehead atoms. The van der Waals surface area contributed by atoms with E-state index in [1.165, 1.54) is 11.3 Å². The van der Waals surface area contributed by atoms with E-state index in [0.717, 1.165) is 21.5 Å². The van der Waals surface area contributed by atoms with Gasteiger partial charge in [-0.05, 0) is 71.1 Å². The first-order chi connectivity index (χ1) is 17.2. The summed E-state index contributed by atoms with van der Waals surface area (Å²) in [5.74, 6) is 1.05. The van der Waals surface area contributed by atoms with Crippen LogP contribution in [0.2, 0.25) is 0 Å². The summed E-state index contributed by atoms with van der Waals surface area (Å²) in [5.41, 5.74) is 4.66. The van der Waals surface area contributed by atoms with Crippen molar-refractivity contribution in [2.75, 3.05) is 5.32 Å². The van der Waals surface area contributed by atoms with Gasteiger partial charge in [0.25, 0.3) is 0 Å². The Bertz CT molecular complexity index is 1670. The molecule has 164 valence electrons. The Hall–Kier alpha value is -5.23. The average Bonchev–Trinajstić information content (AvgIpc) is 3.38. The fourth-order valence-corrected chi connectivity index (χ4v) is 4.20. The van der Waals surface area contributed by atoms with Gasteiger partial charge in [0.05, 0.1) is 34.3 Å². The molecule has 3 aromatic carbocycles. The van der Waals surface area contributed by atoms with Crippen LogP contribution in [0.4, 0.5) is 11.6 Å². The first-order valence-corrected chi connectivity index (χ1v) is 11.3. The summed E-state index contributed by atoms with van der Waals surface area (Å²) in [4.78, 5) is 9.08. The molecular weight excluding hydrogens is 456 g/mol. The number of nitriles is 3. The monoisotopic (exact) mass is 470 g/mol. The topological polar surface area (TPSA) is 118 Å². The highest BCUT2D eigenvalue weighted by Crippen LogP contribution is 2.35. The first-order valence-electron chi connectivity index (χ1n) is 10.4. The number of nitrogens with one attached hydrogen (secondary N) is 1. The molecule has 5 aromatic rings. The lowest BCUT2D eigenvalue weighted by Crippen LogP contribution is -2.00. The summed E-state index contributed by atoms with van der Waals surface area (Å²) in [5, 5.41) is 32.8. The van der Waals surface area contributed by atoms with Gasteiger partial charge in [0, 0.05) is 5.69 Å². The SMILES string of the molecule is N#Cc1ccc(Nc2nc(Oc3ccc(-c4ccc(C#N)cc4)cc3C#N)c3sccc3n2)cc1. The van der Waals surface area contributed by atoms with Crippen LogP contribution in [-0.2, 0) is 0 Å². The Kier molecular flexibility index (Phi) is 5.76. The Morgan fingerprint density at radius 1 is 0.743 bits per heavy atom. The van der Waals surface area contributed by atoms with E-state index >= 15 is 0 Å². The van der Waals surface area contributed by atoms with Gasteiger partial charge in [-0.1, -0.05) is 18.2 Å². The number of rotatable bonds is 5. The molecule has 35 heavy (non-hydrogen) atoms. The van der Waals surface area contributed by atoms with E-state index in [4.69, 9.17) is 15.3 Å². The van der Waals surface area contributed by atoms with Crippen molar-refractivity contribution in [3.8, 4) is 41.0 Å². The summed E-state index contributed by atoms with van der Waals surface area (Å²) in [6.45, 7) is 0. The molecule has 2 heterocycles. The van der Waals surface area contributed by atoms with Crippen LogP contribution in [0.15, 0.2) is 78.2 Å². The number of thiophene rings is 1. The minimum atomic E-state index is 0.336. The molecule has 0 saturated carbocycles. The molecule has 0 aliphatic rings. The predicted octanol–water partition coefficient (Wildman–Crippen LogP) is 6.51. The fourth-order valence-electron chi connectivity index (χ4n) is 3.45. The second-order valence-electron chi connectivity index (χ2n) is 7.42. The summed E-state index contributed by atoms with van der Waals surface area (Å²) >= 11 is 1.45. The highest BCUT2D eigenvalue weighted by Gasteiger charge is 2.15. The van der Waals surface area contributed by atoms with E-state index in [-0.39, 0.29) is 0 Å². The molecule has 7 nitrogen and oxygen atoms in total. The molecule has 0 radical (unpaired) electrons. The highest BCUT2D eigenvalue weighted by molar-refractivity contribution is 7.17. The van der Waals surface area contributed by atoms with Crippen molar-refractivity contribution in [3.05, 3.63) is 94.9 Å². The van der Waals surface area contributed by atoms with Crippen molar-refractivity contribution in [2.24, 2.45) is 0 Å². The number of anilines is 2. The Labute approximate surface area is 204 Å². The molecule has 0 atom stereocenters. The summed E-state index contributed by atoms with van der Waals surface area (Å²) in [6, 6.07) is 27.7. The molecule has 8 heteroatoms. The van der Waals surface area contributed by atoms with Crippen molar-refractivity contribution >= 4 is 33.2 Å². The quantitative estimate of drug-likeness (QED) is 0.311. The van der Waals surface area contributed by atoms with Crippen molar-refractivity contribution < 1.29 is 4.74 Å². The normalized spacial score (nSPS) is 10.2. The second kappa shape index (κ2) is 9.33. The van der Waals surface area contributed by atoms with Crippen LogP contribution in [-0.4, -0.2) is 9.97 Å². The van der Waals surface area contributed by atoms with E-state index < -0.39 is 0 Å². The lowest BCUT2D eigenvalue weighted by molar-refractivity contribution is 0.468. The van der Waals surface area contributed by atoms with E-state index in [0.29, 0.717) is 39.8 Å². The number of ether oxygens (including phenoxy) is 1. The summed E-state index contributed by atoms with van der Waals surface area (Å²) < 4.78 is 6.88. The van der Waals surface area contributed by atoms with Crippen LogP contribution in [0.5, 0.6) is 11.6 Å².